The average Bonchev–Trinajstić information content (AvgIpc) is 2.60. The Labute approximate surface area is 143 Å². The number of aromatic carboxylic acids is 1. The van der Waals surface area contributed by atoms with E-state index in [2.05, 4.69) is 13.8 Å². The van der Waals surface area contributed by atoms with Crippen LogP contribution in [0.1, 0.15) is 37.0 Å². The maximum absolute atomic E-state index is 10.9. The Morgan fingerprint density at radius 2 is 1.42 bits per heavy atom. The van der Waals surface area contributed by atoms with Crippen molar-refractivity contribution >= 4 is 5.97 Å². The van der Waals surface area contributed by atoms with Crippen LogP contribution in [0.2, 0.25) is 0 Å². The molecule has 0 fully saturated rings. The summed E-state index contributed by atoms with van der Waals surface area (Å²) in [6.07, 6.45) is 2.27. The van der Waals surface area contributed by atoms with E-state index >= 15 is 0 Å². The summed E-state index contributed by atoms with van der Waals surface area (Å²) in [6, 6.07) is 14.7. The Kier molecular flexibility index (Phi) is 6.38. The van der Waals surface area contributed by atoms with Crippen LogP contribution in [0.4, 0.5) is 0 Å². The molecule has 0 bridgehead atoms. The maximum atomic E-state index is 10.9. The number of carboxylic acids is 1. The highest BCUT2D eigenvalue weighted by atomic mass is 16.5. The molecule has 0 saturated heterocycles. The van der Waals surface area contributed by atoms with Crippen molar-refractivity contribution in [2.24, 2.45) is 0 Å². The summed E-state index contributed by atoms with van der Waals surface area (Å²) in [5.74, 6) is -0.0828. The Hall–Kier alpha value is -2.33. The second kappa shape index (κ2) is 8.50. The van der Waals surface area contributed by atoms with Gasteiger partial charge in [0.1, 0.15) is 5.75 Å². The molecule has 0 aliphatic rings. The van der Waals surface area contributed by atoms with Gasteiger partial charge in [-0.1, -0.05) is 24.3 Å². The number of hydrogen-bond acceptors (Lipinski definition) is 3. The molecule has 2 aromatic carbocycles. The van der Waals surface area contributed by atoms with Gasteiger partial charge in [-0.15, -0.1) is 0 Å². The van der Waals surface area contributed by atoms with Crippen molar-refractivity contribution in [2.45, 2.75) is 38.9 Å². The van der Waals surface area contributed by atoms with Gasteiger partial charge in [-0.3, -0.25) is 0 Å². The van der Waals surface area contributed by atoms with Gasteiger partial charge in [0.05, 0.1) is 17.8 Å². The number of ether oxygens (including phenoxy) is 2. The van der Waals surface area contributed by atoms with Gasteiger partial charge in [-0.05, 0) is 62.1 Å². The zero-order valence-electron chi connectivity index (χ0n) is 14.4. The van der Waals surface area contributed by atoms with Gasteiger partial charge >= 0.3 is 5.97 Å². The van der Waals surface area contributed by atoms with Gasteiger partial charge < -0.3 is 14.6 Å². The second-order valence-corrected chi connectivity index (χ2v) is 5.96. The molecule has 0 aromatic heterocycles. The van der Waals surface area contributed by atoms with Crippen molar-refractivity contribution in [1.29, 1.82) is 0 Å². The third-order valence-electron chi connectivity index (χ3n) is 4.04. The molecule has 1 N–H and O–H groups in total. The number of carbonyl (C=O) groups is 1. The zero-order valence-corrected chi connectivity index (χ0v) is 14.4. The molecule has 2 aromatic rings. The lowest BCUT2D eigenvalue weighted by atomic mass is 10.0. The van der Waals surface area contributed by atoms with E-state index in [1.807, 2.05) is 36.4 Å². The molecule has 4 nitrogen and oxygen atoms in total. The highest BCUT2D eigenvalue weighted by molar-refractivity contribution is 5.88. The van der Waals surface area contributed by atoms with Crippen molar-refractivity contribution < 1.29 is 19.4 Å². The van der Waals surface area contributed by atoms with E-state index in [1.165, 1.54) is 0 Å². The normalized spacial score (nSPS) is 13.3. The summed E-state index contributed by atoms with van der Waals surface area (Å²) >= 11 is 0. The summed E-state index contributed by atoms with van der Waals surface area (Å²) in [7, 11) is 1.72. The van der Waals surface area contributed by atoms with Crippen molar-refractivity contribution in [3.05, 3.63) is 54.1 Å². The Morgan fingerprint density at radius 1 is 0.917 bits per heavy atom. The third-order valence-corrected chi connectivity index (χ3v) is 4.04. The lowest BCUT2D eigenvalue weighted by Crippen LogP contribution is -2.15. The Bertz CT molecular complexity index is 646. The van der Waals surface area contributed by atoms with E-state index in [4.69, 9.17) is 14.6 Å². The summed E-state index contributed by atoms with van der Waals surface area (Å²) < 4.78 is 11.2. The summed E-state index contributed by atoms with van der Waals surface area (Å²) in [4.78, 5) is 10.9. The minimum atomic E-state index is -0.915. The van der Waals surface area contributed by atoms with E-state index in [9.17, 15) is 4.79 Å². The standard InChI is InChI=1S/C20H24O4/c1-14(23-3)4-5-15(2)24-19-12-10-17(11-13-19)16-6-8-18(9-7-16)20(21)22/h6-15H,4-5H2,1-3H3,(H,21,22)/t14-,15+/m0/s1. The monoisotopic (exact) mass is 328 g/mol. The van der Waals surface area contributed by atoms with Crippen LogP contribution in [0.15, 0.2) is 48.5 Å². The molecule has 0 heterocycles. The fourth-order valence-corrected chi connectivity index (χ4v) is 2.41. The van der Waals surface area contributed by atoms with E-state index in [0.29, 0.717) is 0 Å². The van der Waals surface area contributed by atoms with Crippen LogP contribution >= 0.6 is 0 Å². The summed E-state index contributed by atoms with van der Waals surface area (Å²) in [5.41, 5.74) is 2.30. The molecule has 0 aliphatic carbocycles. The molecule has 24 heavy (non-hydrogen) atoms. The van der Waals surface area contributed by atoms with Gasteiger partial charge in [0.15, 0.2) is 0 Å². The SMILES string of the molecule is CO[C@@H](C)CC[C@@H](C)Oc1ccc(-c2ccc(C(=O)O)cc2)cc1. The van der Waals surface area contributed by atoms with Crippen LogP contribution in [-0.2, 0) is 4.74 Å². The predicted molar refractivity (Wildman–Crippen MR) is 94.6 cm³/mol. The van der Waals surface area contributed by atoms with E-state index < -0.39 is 5.97 Å². The molecular formula is C20H24O4. The summed E-state index contributed by atoms with van der Waals surface area (Å²) in [5, 5.41) is 8.94. The minimum Gasteiger partial charge on any atom is -0.491 e. The van der Waals surface area contributed by atoms with Gasteiger partial charge in [-0.2, -0.15) is 0 Å². The van der Waals surface area contributed by atoms with Gasteiger partial charge in [0.25, 0.3) is 0 Å². The first-order valence-electron chi connectivity index (χ1n) is 8.13. The van der Waals surface area contributed by atoms with Crippen LogP contribution in [0.3, 0.4) is 0 Å². The quantitative estimate of drug-likeness (QED) is 0.767. The van der Waals surface area contributed by atoms with Crippen LogP contribution in [-0.4, -0.2) is 30.4 Å². The highest BCUT2D eigenvalue weighted by Crippen LogP contribution is 2.24. The van der Waals surface area contributed by atoms with Crippen LogP contribution in [0.25, 0.3) is 11.1 Å². The van der Waals surface area contributed by atoms with E-state index in [-0.39, 0.29) is 17.8 Å². The predicted octanol–water partition coefficient (Wildman–Crippen LogP) is 4.63. The molecule has 0 aliphatic heterocycles. The lowest BCUT2D eigenvalue weighted by Gasteiger charge is -2.17. The second-order valence-electron chi connectivity index (χ2n) is 5.96. The average molecular weight is 328 g/mol. The lowest BCUT2D eigenvalue weighted by molar-refractivity contribution is 0.0697. The van der Waals surface area contributed by atoms with Crippen molar-refractivity contribution in [2.75, 3.05) is 7.11 Å². The molecule has 2 atom stereocenters. The van der Waals surface area contributed by atoms with Crippen molar-refractivity contribution in [3.63, 3.8) is 0 Å². The zero-order chi connectivity index (χ0) is 17.5. The maximum Gasteiger partial charge on any atom is 0.335 e. The molecule has 2 rings (SSSR count). The fraction of sp³-hybridized carbons (Fsp3) is 0.350. The number of benzene rings is 2. The fourth-order valence-electron chi connectivity index (χ4n) is 2.41. The Balaban J connectivity index is 1.96. The number of carboxylic acid groups (broad SMARTS) is 1. The first kappa shape index (κ1) is 18.0. The van der Waals surface area contributed by atoms with Gasteiger partial charge in [0.2, 0.25) is 0 Å². The van der Waals surface area contributed by atoms with Crippen LogP contribution < -0.4 is 4.74 Å². The third kappa shape index (κ3) is 5.10. The van der Waals surface area contributed by atoms with Gasteiger partial charge in [-0.25, -0.2) is 4.79 Å². The molecule has 128 valence electrons. The van der Waals surface area contributed by atoms with Crippen LogP contribution in [0.5, 0.6) is 5.75 Å². The molecule has 0 spiro atoms. The number of rotatable bonds is 8. The first-order chi connectivity index (χ1) is 11.5. The molecule has 0 saturated carbocycles. The molecular weight excluding hydrogens is 304 g/mol. The van der Waals surface area contributed by atoms with Crippen LogP contribution in [0, 0.1) is 0 Å². The minimum absolute atomic E-state index is 0.128. The molecule has 0 unspecified atom stereocenters. The number of methoxy groups -OCH3 is 1. The first-order valence-corrected chi connectivity index (χ1v) is 8.13. The molecule has 0 radical (unpaired) electrons. The van der Waals surface area contributed by atoms with Gasteiger partial charge in [0, 0.05) is 7.11 Å². The van der Waals surface area contributed by atoms with Crippen molar-refractivity contribution in [3.8, 4) is 16.9 Å². The summed E-state index contributed by atoms with van der Waals surface area (Å²) in [6.45, 7) is 4.11. The highest BCUT2D eigenvalue weighted by Gasteiger charge is 2.08. The topological polar surface area (TPSA) is 55.8 Å². The smallest absolute Gasteiger partial charge is 0.335 e. The largest absolute Gasteiger partial charge is 0.491 e. The van der Waals surface area contributed by atoms with E-state index in [0.717, 1.165) is 29.7 Å². The molecule has 0 amide bonds. The van der Waals surface area contributed by atoms with Crippen molar-refractivity contribution in [1.82, 2.24) is 0 Å². The van der Waals surface area contributed by atoms with E-state index in [1.54, 1.807) is 19.2 Å². The molecule has 4 heteroatoms. The number of hydrogen-bond donors (Lipinski definition) is 1. The Morgan fingerprint density at radius 3 is 1.92 bits per heavy atom.